The number of fused-ring (bicyclic) bond motifs is 1. The number of aryl methyl sites for hydroxylation is 4. The molecule has 0 radical (unpaired) electrons. The second kappa shape index (κ2) is 4.84. The molecule has 0 aliphatic rings. The Kier molecular flexibility index (Phi) is 3.03. The monoisotopic (exact) mass is 251 g/mol. The summed E-state index contributed by atoms with van der Waals surface area (Å²) in [5, 5.41) is 0. The molecule has 3 rings (SSSR count). The van der Waals surface area contributed by atoms with E-state index in [1.165, 1.54) is 22.2 Å². The Bertz CT molecular complexity index is 699. The Morgan fingerprint density at radius 2 is 1.79 bits per heavy atom. The molecular weight excluding hydrogens is 234 g/mol. The van der Waals surface area contributed by atoms with E-state index in [9.17, 15) is 0 Å². The SMILES string of the molecule is Cc1cc2ncn(CCc3ccncc3)c2cc1C. The summed E-state index contributed by atoms with van der Waals surface area (Å²) in [7, 11) is 0. The van der Waals surface area contributed by atoms with Crippen molar-refractivity contribution < 1.29 is 0 Å². The predicted molar refractivity (Wildman–Crippen MR) is 77.1 cm³/mol. The van der Waals surface area contributed by atoms with Crippen molar-refractivity contribution in [3.8, 4) is 0 Å². The number of nitrogens with zero attached hydrogens (tertiary/aromatic N) is 3. The molecule has 0 aliphatic carbocycles. The summed E-state index contributed by atoms with van der Waals surface area (Å²) in [6.45, 7) is 5.22. The van der Waals surface area contributed by atoms with Crippen LogP contribution in [0, 0.1) is 13.8 Å². The highest BCUT2D eigenvalue weighted by molar-refractivity contribution is 5.77. The Morgan fingerprint density at radius 3 is 2.58 bits per heavy atom. The highest BCUT2D eigenvalue weighted by Gasteiger charge is 2.05. The maximum absolute atomic E-state index is 4.48. The maximum atomic E-state index is 4.48. The van der Waals surface area contributed by atoms with Crippen molar-refractivity contribution in [1.29, 1.82) is 0 Å². The molecule has 0 bridgehead atoms. The minimum absolute atomic E-state index is 0.947. The summed E-state index contributed by atoms with van der Waals surface area (Å²) in [4.78, 5) is 8.53. The van der Waals surface area contributed by atoms with Gasteiger partial charge >= 0.3 is 0 Å². The van der Waals surface area contributed by atoms with Gasteiger partial charge in [-0.3, -0.25) is 4.98 Å². The Hall–Kier alpha value is -2.16. The molecule has 3 heteroatoms. The summed E-state index contributed by atoms with van der Waals surface area (Å²) < 4.78 is 2.22. The lowest BCUT2D eigenvalue weighted by Crippen LogP contribution is -2.00. The minimum atomic E-state index is 0.947. The number of pyridine rings is 1. The molecule has 0 fully saturated rings. The summed E-state index contributed by atoms with van der Waals surface area (Å²) in [5.41, 5.74) is 6.22. The van der Waals surface area contributed by atoms with Crippen molar-refractivity contribution in [2.45, 2.75) is 26.8 Å². The van der Waals surface area contributed by atoms with Crippen molar-refractivity contribution in [2.24, 2.45) is 0 Å². The van der Waals surface area contributed by atoms with Gasteiger partial charge in [-0.2, -0.15) is 0 Å². The number of aromatic nitrogens is 3. The highest BCUT2D eigenvalue weighted by atomic mass is 15.0. The number of imidazole rings is 1. The lowest BCUT2D eigenvalue weighted by atomic mass is 10.1. The van der Waals surface area contributed by atoms with Crippen molar-refractivity contribution in [2.75, 3.05) is 0 Å². The van der Waals surface area contributed by atoms with Crippen molar-refractivity contribution in [3.05, 3.63) is 59.7 Å². The van der Waals surface area contributed by atoms with Crippen LogP contribution in [0.15, 0.2) is 43.0 Å². The zero-order chi connectivity index (χ0) is 13.2. The molecule has 0 unspecified atom stereocenters. The van der Waals surface area contributed by atoms with Crippen LogP contribution in [-0.2, 0) is 13.0 Å². The number of rotatable bonds is 3. The van der Waals surface area contributed by atoms with E-state index in [0.29, 0.717) is 0 Å². The van der Waals surface area contributed by atoms with Gasteiger partial charge < -0.3 is 4.57 Å². The molecule has 3 aromatic rings. The van der Waals surface area contributed by atoms with Gasteiger partial charge in [0, 0.05) is 18.9 Å². The number of hydrogen-bond acceptors (Lipinski definition) is 2. The van der Waals surface area contributed by atoms with Gasteiger partial charge in [0.25, 0.3) is 0 Å². The highest BCUT2D eigenvalue weighted by Crippen LogP contribution is 2.18. The fraction of sp³-hybridized carbons (Fsp3) is 0.250. The Balaban J connectivity index is 1.87. The van der Waals surface area contributed by atoms with Gasteiger partial charge in [-0.1, -0.05) is 0 Å². The molecule has 0 spiro atoms. The molecule has 0 N–H and O–H groups in total. The van der Waals surface area contributed by atoms with Gasteiger partial charge in [0.05, 0.1) is 17.4 Å². The van der Waals surface area contributed by atoms with Gasteiger partial charge in [0.1, 0.15) is 0 Å². The van der Waals surface area contributed by atoms with Crippen LogP contribution in [0.2, 0.25) is 0 Å². The van der Waals surface area contributed by atoms with E-state index in [2.05, 4.69) is 52.6 Å². The molecule has 0 atom stereocenters. The first-order valence-electron chi connectivity index (χ1n) is 6.55. The van der Waals surface area contributed by atoms with E-state index in [4.69, 9.17) is 0 Å². The molecule has 19 heavy (non-hydrogen) atoms. The van der Waals surface area contributed by atoms with Gasteiger partial charge in [0.15, 0.2) is 0 Å². The third-order valence-electron chi connectivity index (χ3n) is 3.63. The third-order valence-corrected chi connectivity index (χ3v) is 3.63. The fourth-order valence-electron chi connectivity index (χ4n) is 2.29. The Labute approximate surface area is 112 Å². The largest absolute Gasteiger partial charge is 0.330 e. The quantitative estimate of drug-likeness (QED) is 0.715. The van der Waals surface area contributed by atoms with Crippen LogP contribution in [0.25, 0.3) is 11.0 Å². The second-order valence-electron chi connectivity index (χ2n) is 4.97. The molecule has 96 valence electrons. The smallest absolute Gasteiger partial charge is 0.0958 e. The zero-order valence-corrected chi connectivity index (χ0v) is 11.3. The fourth-order valence-corrected chi connectivity index (χ4v) is 2.29. The molecule has 0 amide bonds. The molecule has 1 aromatic carbocycles. The van der Waals surface area contributed by atoms with Crippen molar-refractivity contribution in [1.82, 2.24) is 14.5 Å². The zero-order valence-electron chi connectivity index (χ0n) is 11.3. The first kappa shape index (κ1) is 11.9. The van der Waals surface area contributed by atoms with Gasteiger partial charge in [-0.15, -0.1) is 0 Å². The van der Waals surface area contributed by atoms with Crippen LogP contribution in [0.1, 0.15) is 16.7 Å². The van der Waals surface area contributed by atoms with Crippen LogP contribution in [0.4, 0.5) is 0 Å². The molecule has 0 aliphatic heterocycles. The molecule has 3 nitrogen and oxygen atoms in total. The van der Waals surface area contributed by atoms with E-state index < -0.39 is 0 Å². The van der Waals surface area contributed by atoms with E-state index in [1.807, 2.05) is 18.7 Å². The summed E-state index contributed by atoms with van der Waals surface area (Å²) in [5.74, 6) is 0. The van der Waals surface area contributed by atoms with E-state index in [1.54, 1.807) is 0 Å². The maximum Gasteiger partial charge on any atom is 0.0958 e. The van der Waals surface area contributed by atoms with Gasteiger partial charge in [-0.25, -0.2) is 4.98 Å². The average molecular weight is 251 g/mol. The molecule has 0 saturated heterocycles. The lowest BCUT2D eigenvalue weighted by molar-refractivity contribution is 0.715. The first-order chi connectivity index (χ1) is 9.24. The topological polar surface area (TPSA) is 30.7 Å². The summed E-state index contributed by atoms with van der Waals surface area (Å²) in [6, 6.07) is 8.51. The standard InChI is InChI=1S/C16H17N3/c1-12-9-15-16(10-13(12)2)19(11-18-15)8-5-14-3-6-17-7-4-14/h3-4,6-7,9-11H,5,8H2,1-2H3. The lowest BCUT2D eigenvalue weighted by Gasteiger charge is -2.06. The number of benzene rings is 1. The molecule has 2 aromatic heterocycles. The van der Waals surface area contributed by atoms with Crippen LogP contribution in [-0.4, -0.2) is 14.5 Å². The number of hydrogen-bond donors (Lipinski definition) is 0. The molecule has 0 saturated carbocycles. The molecule has 2 heterocycles. The van der Waals surface area contributed by atoms with Crippen LogP contribution in [0.5, 0.6) is 0 Å². The van der Waals surface area contributed by atoms with Gasteiger partial charge in [-0.05, 0) is 61.2 Å². The van der Waals surface area contributed by atoms with E-state index >= 15 is 0 Å². The van der Waals surface area contributed by atoms with Crippen LogP contribution >= 0.6 is 0 Å². The van der Waals surface area contributed by atoms with Crippen LogP contribution < -0.4 is 0 Å². The summed E-state index contributed by atoms with van der Waals surface area (Å²) in [6.07, 6.45) is 6.62. The summed E-state index contributed by atoms with van der Waals surface area (Å²) >= 11 is 0. The first-order valence-corrected chi connectivity index (χ1v) is 6.55. The van der Waals surface area contributed by atoms with E-state index in [-0.39, 0.29) is 0 Å². The predicted octanol–water partition coefficient (Wildman–Crippen LogP) is 3.29. The van der Waals surface area contributed by atoms with Crippen molar-refractivity contribution >= 4 is 11.0 Å². The third kappa shape index (κ3) is 2.36. The van der Waals surface area contributed by atoms with E-state index in [0.717, 1.165) is 18.5 Å². The minimum Gasteiger partial charge on any atom is -0.330 e. The average Bonchev–Trinajstić information content (AvgIpc) is 2.80. The molecular formula is C16H17N3. The second-order valence-corrected chi connectivity index (χ2v) is 4.97. The van der Waals surface area contributed by atoms with Crippen LogP contribution in [0.3, 0.4) is 0 Å². The normalized spacial score (nSPS) is 11.1. The Morgan fingerprint density at radius 1 is 1.05 bits per heavy atom. The van der Waals surface area contributed by atoms with Crippen molar-refractivity contribution in [3.63, 3.8) is 0 Å². The van der Waals surface area contributed by atoms with Gasteiger partial charge in [0.2, 0.25) is 0 Å².